The van der Waals surface area contributed by atoms with E-state index in [9.17, 15) is 0 Å². The highest BCUT2D eigenvalue weighted by Crippen LogP contribution is 2.38. The molecule has 212 valence electrons. The van der Waals surface area contributed by atoms with Crippen LogP contribution < -0.4 is 0 Å². The van der Waals surface area contributed by atoms with Crippen molar-refractivity contribution >= 4 is 11.0 Å². The van der Waals surface area contributed by atoms with Crippen molar-refractivity contribution in [1.29, 1.82) is 0 Å². The largest absolute Gasteiger partial charge is 0.327 e. The maximum atomic E-state index is 5.35. The summed E-state index contributed by atoms with van der Waals surface area (Å²) < 4.78 is 2.49. The lowest BCUT2D eigenvalue weighted by atomic mass is 9.79. The van der Waals surface area contributed by atoms with Gasteiger partial charge in [0.25, 0.3) is 0 Å². The number of imidazole rings is 1. The van der Waals surface area contributed by atoms with Crippen LogP contribution in [0.25, 0.3) is 11.0 Å². The Labute approximate surface area is 236 Å². The van der Waals surface area contributed by atoms with Crippen molar-refractivity contribution in [1.82, 2.24) is 29.2 Å². The minimum Gasteiger partial charge on any atom is -0.327 e. The van der Waals surface area contributed by atoms with Crippen LogP contribution in [0.3, 0.4) is 0 Å². The van der Waals surface area contributed by atoms with Crippen LogP contribution in [0.5, 0.6) is 0 Å². The van der Waals surface area contributed by atoms with Crippen molar-refractivity contribution in [2.24, 2.45) is 0 Å². The summed E-state index contributed by atoms with van der Waals surface area (Å²) in [5, 5.41) is 0. The number of nitrogens with zero attached hydrogens (tertiary/aromatic N) is 6. The highest BCUT2D eigenvalue weighted by molar-refractivity contribution is 5.77. The number of piperidine rings is 1. The van der Waals surface area contributed by atoms with Gasteiger partial charge in [-0.1, -0.05) is 49.7 Å². The zero-order chi connectivity index (χ0) is 27.4. The molecule has 1 aromatic heterocycles. The standard InChI is InChI=1S/C33H50N6/c1-6-12-31(38-20-11-19-36(5)23-24-38)32-34-29-25-27(15-16-30(29)39(32)7-2)26-37-21-17-33(18-22-37,35(3)4)28-13-9-8-10-14-28/h8-10,13-16,25,31H,6-7,11-12,17-24,26H2,1-5H3. The first-order chi connectivity index (χ1) is 18.9. The number of aromatic nitrogens is 2. The van der Waals surface area contributed by atoms with E-state index in [1.54, 1.807) is 0 Å². The highest BCUT2D eigenvalue weighted by atomic mass is 15.3. The number of fused-ring (bicyclic) bond motifs is 1. The van der Waals surface area contributed by atoms with E-state index >= 15 is 0 Å². The molecule has 0 radical (unpaired) electrons. The lowest BCUT2D eigenvalue weighted by Crippen LogP contribution is -2.50. The minimum absolute atomic E-state index is 0.132. The zero-order valence-corrected chi connectivity index (χ0v) is 25.1. The van der Waals surface area contributed by atoms with Crippen LogP contribution in [0.1, 0.15) is 68.9 Å². The number of hydrogen-bond acceptors (Lipinski definition) is 5. The lowest BCUT2D eigenvalue weighted by molar-refractivity contribution is 0.0507. The fourth-order valence-corrected chi connectivity index (χ4v) is 7.09. The molecule has 2 saturated heterocycles. The van der Waals surface area contributed by atoms with Gasteiger partial charge in [-0.25, -0.2) is 4.98 Å². The number of benzene rings is 2. The quantitative estimate of drug-likeness (QED) is 0.360. The molecule has 0 N–H and O–H groups in total. The zero-order valence-electron chi connectivity index (χ0n) is 25.1. The molecule has 39 heavy (non-hydrogen) atoms. The fourth-order valence-electron chi connectivity index (χ4n) is 7.09. The number of rotatable bonds is 9. The van der Waals surface area contributed by atoms with Crippen molar-refractivity contribution in [2.45, 2.75) is 70.6 Å². The van der Waals surface area contributed by atoms with Gasteiger partial charge in [-0.3, -0.25) is 14.7 Å². The second-order valence-corrected chi connectivity index (χ2v) is 12.1. The summed E-state index contributed by atoms with van der Waals surface area (Å²) in [6.45, 7) is 13.4. The van der Waals surface area contributed by atoms with E-state index in [4.69, 9.17) is 4.98 Å². The van der Waals surface area contributed by atoms with Gasteiger partial charge in [0.2, 0.25) is 0 Å². The molecule has 2 aliphatic heterocycles. The Morgan fingerprint density at radius 1 is 0.923 bits per heavy atom. The van der Waals surface area contributed by atoms with E-state index in [1.807, 2.05) is 0 Å². The van der Waals surface area contributed by atoms with Crippen LogP contribution in [0.4, 0.5) is 0 Å². The van der Waals surface area contributed by atoms with Gasteiger partial charge < -0.3 is 9.47 Å². The summed E-state index contributed by atoms with van der Waals surface area (Å²) in [7, 11) is 6.74. The van der Waals surface area contributed by atoms with Crippen molar-refractivity contribution in [3.63, 3.8) is 0 Å². The third-order valence-corrected chi connectivity index (χ3v) is 9.47. The van der Waals surface area contributed by atoms with Crippen molar-refractivity contribution in [2.75, 3.05) is 60.4 Å². The molecule has 2 fully saturated rings. The topological polar surface area (TPSA) is 30.8 Å². The SMILES string of the molecule is CCCC(c1nc2cc(CN3CCC(c4ccccc4)(N(C)C)CC3)ccc2n1CC)N1CCCN(C)CC1. The van der Waals surface area contributed by atoms with Gasteiger partial charge in [0.05, 0.1) is 17.1 Å². The minimum atomic E-state index is 0.132. The molecule has 0 saturated carbocycles. The van der Waals surface area contributed by atoms with Gasteiger partial charge in [-0.05, 0) is 83.6 Å². The Balaban J connectivity index is 1.34. The third-order valence-electron chi connectivity index (χ3n) is 9.47. The Kier molecular flexibility index (Phi) is 9.07. The van der Waals surface area contributed by atoms with Crippen molar-refractivity contribution in [3.8, 4) is 0 Å². The van der Waals surface area contributed by atoms with Crippen LogP contribution in [0.15, 0.2) is 48.5 Å². The first-order valence-corrected chi connectivity index (χ1v) is 15.3. The van der Waals surface area contributed by atoms with Crippen LogP contribution in [-0.2, 0) is 18.6 Å². The van der Waals surface area contributed by atoms with E-state index in [0.717, 1.165) is 52.1 Å². The van der Waals surface area contributed by atoms with Crippen molar-refractivity contribution < 1.29 is 0 Å². The molecule has 3 aromatic rings. The Morgan fingerprint density at radius 3 is 2.38 bits per heavy atom. The Bertz CT molecular complexity index is 1190. The molecule has 6 nitrogen and oxygen atoms in total. The summed E-state index contributed by atoms with van der Waals surface area (Å²) in [6, 6.07) is 18.6. The van der Waals surface area contributed by atoms with E-state index < -0.39 is 0 Å². The average Bonchev–Trinajstić information content (AvgIpc) is 3.17. The van der Waals surface area contributed by atoms with Gasteiger partial charge in [0, 0.05) is 51.4 Å². The number of likely N-dealkylation sites (tertiary alicyclic amines) is 1. The van der Waals surface area contributed by atoms with Crippen molar-refractivity contribution in [3.05, 3.63) is 65.5 Å². The van der Waals surface area contributed by atoms with Crippen LogP contribution in [0.2, 0.25) is 0 Å². The predicted octanol–water partition coefficient (Wildman–Crippen LogP) is 5.59. The van der Waals surface area contributed by atoms with E-state index in [0.29, 0.717) is 6.04 Å². The molecule has 6 heteroatoms. The average molecular weight is 531 g/mol. The molecule has 2 aromatic carbocycles. The lowest BCUT2D eigenvalue weighted by Gasteiger charge is -2.46. The monoisotopic (exact) mass is 530 g/mol. The first kappa shape index (κ1) is 28.3. The molecule has 3 heterocycles. The smallest absolute Gasteiger partial charge is 0.127 e. The van der Waals surface area contributed by atoms with E-state index in [-0.39, 0.29) is 5.54 Å². The number of aryl methyl sites for hydroxylation is 1. The highest BCUT2D eigenvalue weighted by Gasteiger charge is 2.38. The van der Waals surface area contributed by atoms with Gasteiger partial charge >= 0.3 is 0 Å². The summed E-state index contributed by atoms with van der Waals surface area (Å²) in [5.41, 5.74) is 5.43. The molecule has 0 aliphatic carbocycles. The summed E-state index contributed by atoms with van der Waals surface area (Å²) in [6.07, 6.45) is 5.90. The number of hydrogen-bond donors (Lipinski definition) is 0. The van der Waals surface area contributed by atoms with Crippen LogP contribution >= 0.6 is 0 Å². The van der Waals surface area contributed by atoms with Gasteiger partial charge in [0.15, 0.2) is 0 Å². The third kappa shape index (κ3) is 5.95. The van der Waals surface area contributed by atoms with Crippen LogP contribution in [0, 0.1) is 0 Å². The second kappa shape index (κ2) is 12.5. The Hall–Kier alpha value is -2.25. The van der Waals surface area contributed by atoms with E-state index in [2.05, 4.69) is 108 Å². The predicted molar refractivity (Wildman–Crippen MR) is 163 cm³/mol. The molecule has 1 unspecified atom stereocenters. The molecular formula is C33H50N6. The number of likely N-dealkylation sites (N-methyl/N-ethyl adjacent to an activating group) is 1. The second-order valence-electron chi connectivity index (χ2n) is 12.1. The molecular weight excluding hydrogens is 480 g/mol. The normalized spacial score (nSPS) is 20.5. The van der Waals surface area contributed by atoms with Crippen LogP contribution in [-0.4, -0.2) is 89.6 Å². The van der Waals surface area contributed by atoms with Gasteiger partial charge in [0.1, 0.15) is 5.82 Å². The Morgan fingerprint density at radius 2 is 1.69 bits per heavy atom. The molecule has 1 atom stereocenters. The summed E-state index contributed by atoms with van der Waals surface area (Å²) in [5.74, 6) is 1.27. The molecule has 2 aliphatic rings. The fraction of sp³-hybridized carbons (Fsp3) is 0.606. The molecule has 0 spiro atoms. The summed E-state index contributed by atoms with van der Waals surface area (Å²) >= 11 is 0. The summed E-state index contributed by atoms with van der Waals surface area (Å²) in [4.78, 5) is 15.6. The molecule has 5 rings (SSSR count). The van der Waals surface area contributed by atoms with Gasteiger partial charge in [-0.15, -0.1) is 0 Å². The maximum Gasteiger partial charge on any atom is 0.127 e. The van der Waals surface area contributed by atoms with E-state index in [1.165, 1.54) is 60.3 Å². The first-order valence-electron chi connectivity index (χ1n) is 15.3. The maximum absolute atomic E-state index is 5.35. The molecule has 0 bridgehead atoms. The molecule has 0 amide bonds. The van der Waals surface area contributed by atoms with Gasteiger partial charge in [-0.2, -0.15) is 0 Å².